The second-order valence-corrected chi connectivity index (χ2v) is 33.6. The zero-order valence-corrected chi connectivity index (χ0v) is 83.5. The van der Waals surface area contributed by atoms with Gasteiger partial charge in [-0.3, -0.25) is 19.2 Å². The first kappa shape index (κ1) is 105. The zero-order chi connectivity index (χ0) is 99.8. The van der Waals surface area contributed by atoms with Gasteiger partial charge in [0.25, 0.3) is 0 Å². The number of phenolic OH excluding ortho intramolecular Hbond substituents is 1. The number of aliphatic carboxylic acids is 2. The van der Waals surface area contributed by atoms with Crippen molar-refractivity contribution in [2.75, 3.05) is 48.7 Å². The minimum absolute atomic E-state index is 0. The predicted molar refractivity (Wildman–Crippen MR) is 541 cm³/mol. The van der Waals surface area contributed by atoms with Crippen molar-refractivity contribution in [3.8, 4) is 28.7 Å². The largest absolute Gasteiger partial charge is 1.00 e. The van der Waals surface area contributed by atoms with Crippen LogP contribution in [0.5, 0.6) is 28.7 Å². The third kappa shape index (κ3) is 26.6. The van der Waals surface area contributed by atoms with Crippen molar-refractivity contribution in [3.63, 3.8) is 0 Å². The summed E-state index contributed by atoms with van der Waals surface area (Å²) < 4.78 is 72.8. The van der Waals surface area contributed by atoms with Gasteiger partial charge in [-0.15, -0.1) is 0 Å². The van der Waals surface area contributed by atoms with Crippen LogP contribution in [0.1, 0.15) is 85.9 Å². The zero-order valence-electron chi connectivity index (χ0n) is 79.5. The van der Waals surface area contributed by atoms with Gasteiger partial charge in [0.2, 0.25) is 0 Å². The molecule has 22 nitrogen and oxygen atoms in total. The number of phenols is 1. The maximum Gasteiger partial charge on any atom is 1.00 e. The molecule has 0 saturated carbocycles. The van der Waals surface area contributed by atoms with E-state index in [9.17, 15) is 66.8 Å². The van der Waals surface area contributed by atoms with Crippen molar-refractivity contribution >= 4 is 113 Å². The van der Waals surface area contributed by atoms with Crippen molar-refractivity contribution < 1.29 is 150 Å². The number of carboxylic acid groups (broad SMARTS) is 2. The average Bonchev–Trinajstić information content (AvgIpc) is 1.62. The number of nitrogens with zero attached hydrogens (tertiary/aromatic N) is 2. The first-order valence-corrected chi connectivity index (χ1v) is 46.0. The molecule has 0 aliphatic rings. The topological polar surface area (TPSA) is 307 Å². The molecule has 0 bridgehead atoms. The summed E-state index contributed by atoms with van der Waals surface area (Å²) in [6, 6.07) is 107. The SMILES string of the molecule is COC(=O)C(Cc1ccc(O)cc1)Nc1ccccc1C(=O)c1ccc(F)cc1.COC(=O)C(Cc1ccc(Oc2ccc(C(=O)c3ccccc3NC(Cc3ccc(OCCn4c5ccccc5c5ccccc54)cc3)C(=O)[O-])cc2)cc1)Nc1ccccc1C(=O)c1ccc(F)cc1.O=C(c1ccc(F)cc1)c1ccccc1NC(Cc1ccc(OCCn2c3ccccc3c3ccccc32)cc1)C(=O)[O-].[Na+].[Na+]. The molecule has 0 aliphatic carbocycles. The van der Waals surface area contributed by atoms with Gasteiger partial charge in [0.1, 0.15) is 71.5 Å². The fourth-order valence-corrected chi connectivity index (χ4v) is 17.0. The van der Waals surface area contributed by atoms with Gasteiger partial charge in [-0.25, -0.2) is 22.8 Å². The number of anilines is 4. The van der Waals surface area contributed by atoms with E-state index in [0.29, 0.717) is 112 Å². The van der Waals surface area contributed by atoms with E-state index in [1.807, 2.05) is 109 Å². The van der Waals surface area contributed by atoms with Crippen molar-refractivity contribution in [2.24, 2.45) is 0 Å². The first-order chi connectivity index (χ1) is 69.6. The van der Waals surface area contributed by atoms with Gasteiger partial charge >= 0.3 is 71.1 Å². The molecule has 4 unspecified atom stereocenters. The number of fused-ring (bicyclic) bond motifs is 6. The van der Waals surface area contributed by atoms with Crippen LogP contribution in [0.2, 0.25) is 0 Å². The Balaban J connectivity index is 0.000000190. The Morgan fingerprint density at radius 3 is 0.793 bits per heavy atom. The van der Waals surface area contributed by atoms with Gasteiger partial charge < -0.3 is 79.0 Å². The summed E-state index contributed by atoms with van der Waals surface area (Å²) in [6.45, 7) is 2.22. The molecule has 0 fully saturated rings. The Morgan fingerprint density at radius 1 is 0.290 bits per heavy atom. The molecular weight excluding hydrogens is 1860 g/mol. The maximum absolute atomic E-state index is 13.9. The number of hydrogen-bond donors (Lipinski definition) is 5. The van der Waals surface area contributed by atoms with E-state index in [1.165, 1.54) is 121 Å². The number of methoxy groups -OCH3 is 2. The van der Waals surface area contributed by atoms with Crippen LogP contribution in [-0.2, 0) is 67.4 Å². The van der Waals surface area contributed by atoms with Gasteiger partial charge in [0.15, 0.2) is 23.1 Å². The van der Waals surface area contributed by atoms with Crippen LogP contribution in [0.4, 0.5) is 35.9 Å². The molecule has 18 rings (SSSR count). The van der Waals surface area contributed by atoms with E-state index < -0.39 is 65.5 Å². The molecule has 145 heavy (non-hydrogen) atoms. The first-order valence-electron chi connectivity index (χ1n) is 46.0. The van der Waals surface area contributed by atoms with E-state index >= 15 is 0 Å². The fourth-order valence-electron chi connectivity index (χ4n) is 17.0. The van der Waals surface area contributed by atoms with Crippen LogP contribution < -0.4 is 105 Å². The van der Waals surface area contributed by atoms with Gasteiger partial charge in [-0.05, 0) is 253 Å². The normalized spacial score (nSPS) is 11.6. The summed E-state index contributed by atoms with van der Waals surface area (Å²) in [5.74, 6) is -3.79. The summed E-state index contributed by atoms with van der Waals surface area (Å²) in [6.07, 6.45) is 0.742. The van der Waals surface area contributed by atoms with E-state index in [0.717, 1.165) is 44.3 Å². The molecule has 0 radical (unpaired) electrons. The van der Waals surface area contributed by atoms with Crippen LogP contribution in [0.25, 0.3) is 43.6 Å². The molecule has 27 heteroatoms. The number of hydrogen-bond acceptors (Lipinski definition) is 20. The van der Waals surface area contributed by atoms with Crippen LogP contribution in [0.15, 0.2) is 388 Å². The summed E-state index contributed by atoms with van der Waals surface area (Å²) in [5, 5.41) is 51.0. The number of ketones is 4. The molecule has 5 N–H and O–H groups in total. The molecule has 0 spiro atoms. The summed E-state index contributed by atoms with van der Waals surface area (Å²) >= 11 is 0. The van der Waals surface area contributed by atoms with Gasteiger partial charge in [0, 0.05) is 124 Å². The van der Waals surface area contributed by atoms with Crippen molar-refractivity contribution in [3.05, 3.63) is 472 Å². The van der Waals surface area contributed by atoms with E-state index in [-0.39, 0.29) is 118 Å². The van der Waals surface area contributed by atoms with Crippen molar-refractivity contribution in [1.82, 2.24) is 9.13 Å². The molecule has 0 aliphatic heterocycles. The minimum Gasteiger partial charge on any atom is -0.548 e. The number of benzene rings is 16. The number of carboxylic acids is 2. The molecule has 0 amide bonds. The Labute approximate surface area is 878 Å². The third-order valence-electron chi connectivity index (χ3n) is 24.2. The van der Waals surface area contributed by atoms with Gasteiger partial charge in [-0.1, -0.05) is 170 Å². The average molecular weight is 1960 g/mol. The molecule has 16 aromatic carbocycles. The fraction of sp³-hybridized carbons (Fsp3) is 0.119. The van der Waals surface area contributed by atoms with Crippen LogP contribution in [0.3, 0.4) is 0 Å². The number of aromatic hydroxyl groups is 1. The predicted octanol–water partition coefficient (Wildman–Crippen LogP) is 14.2. The quantitative estimate of drug-likeness (QED) is 0.0136. The maximum atomic E-state index is 13.9. The summed E-state index contributed by atoms with van der Waals surface area (Å²) in [5.41, 5.74) is 11.9. The molecule has 4 atom stereocenters. The molecule has 716 valence electrons. The van der Waals surface area contributed by atoms with Crippen molar-refractivity contribution in [1.29, 1.82) is 0 Å². The second kappa shape index (κ2) is 50.0. The molecule has 18 aromatic rings. The van der Waals surface area contributed by atoms with Gasteiger partial charge in [-0.2, -0.15) is 0 Å². The number of para-hydroxylation sites is 8. The van der Waals surface area contributed by atoms with Crippen LogP contribution >= 0.6 is 0 Å². The van der Waals surface area contributed by atoms with Crippen molar-refractivity contribution in [2.45, 2.75) is 62.9 Å². The molecule has 2 aromatic heterocycles. The number of ether oxygens (including phenoxy) is 5. The number of carbonyl (C=O) groups excluding carboxylic acids is 8. The Hall–Kier alpha value is -16.1. The number of carbonyl (C=O) groups is 8. The number of rotatable bonds is 38. The number of nitrogens with one attached hydrogen (secondary N) is 4. The number of halogens is 3. The molecule has 2 heterocycles. The molecular formula is C118H95F3N6Na2O16. The Bertz CT molecular complexity index is 7500. The smallest absolute Gasteiger partial charge is 0.548 e. The number of aromatic nitrogens is 2. The second-order valence-electron chi connectivity index (χ2n) is 33.6. The van der Waals surface area contributed by atoms with E-state index in [4.69, 9.17) is 23.7 Å². The molecule has 0 saturated heterocycles. The number of esters is 2. The Morgan fingerprint density at radius 2 is 0.517 bits per heavy atom. The van der Waals surface area contributed by atoms with E-state index in [1.54, 1.807) is 146 Å². The monoisotopic (exact) mass is 1950 g/mol. The standard InChI is InChI=1S/C59H48FN3O8.C36H29FN2O4.C23H20FNO4.2Na/c1-69-59(68)53(62-51-15-7-3-13-49(51)56(64)40-22-26-42(60)27-23-40)37-39-20-30-44(31-21-39)71-45-32-24-41(25-33-45)57(65)48-12-2-6-14-50(48)61-52(58(66)67)36-38-18-28-43(29-19-38)70-35-34-63-54-16-8-4-10-46(54)47-11-5-9-17-55(47)63;37-26-17-15-25(16-18-26)35(40)30-9-1-4-10-31(30)38-32(36(41)42)23-24-13-19-27(20-14-24)43-22-21-39-33-11-5-2-7-28(33)29-8-3-6-12-34(29)39;1-29-23(28)21(14-15-6-12-18(26)13-7-15)25-20-5-3-2-4-19(20)22(27)16-8-10-17(24)11-9-16;;/h2-33,52-53,61-62H,34-37H2,1H3,(H,66,67);1-20,32,38H,21-23H2,(H,41,42);2-13,21,25-26H,14H2,1H3;;/q;;;2*+1/p-2. The van der Waals surface area contributed by atoms with Crippen LogP contribution in [-0.4, -0.2) is 113 Å². The van der Waals surface area contributed by atoms with E-state index in [2.05, 4.69) is 78.9 Å². The minimum atomic E-state index is -1.31. The third-order valence-corrected chi connectivity index (χ3v) is 24.2. The summed E-state index contributed by atoms with van der Waals surface area (Å²) in [4.78, 5) is 103. The van der Waals surface area contributed by atoms with Crippen LogP contribution in [0, 0.1) is 17.5 Å². The summed E-state index contributed by atoms with van der Waals surface area (Å²) in [7, 11) is 2.59. The Kier molecular flexibility index (Phi) is 36.1. The van der Waals surface area contributed by atoms with Gasteiger partial charge in [0.05, 0.1) is 51.3 Å².